The summed E-state index contributed by atoms with van der Waals surface area (Å²) < 4.78 is 0. The Balaban J connectivity index is 1.76. The van der Waals surface area contributed by atoms with Gasteiger partial charge >= 0.3 is 0 Å². The van der Waals surface area contributed by atoms with E-state index in [0.717, 1.165) is 5.56 Å². The van der Waals surface area contributed by atoms with Gasteiger partial charge in [-0.1, -0.05) is 30.3 Å². The minimum absolute atomic E-state index is 0.0143. The highest BCUT2D eigenvalue weighted by Crippen LogP contribution is 2.31. The molecule has 2 atom stereocenters. The number of carbonyl (C=O) groups is 2. The lowest BCUT2D eigenvalue weighted by Crippen LogP contribution is -2.34. The Hall–Kier alpha value is -3.35. The first kappa shape index (κ1) is 18.4. The van der Waals surface area contributed by atoms with Gasteiger partial charge in [-0.3, -0.25) is 9.59 Å². The Kier molecular flexibility index (Phi) is 5.12. The average molecular weight is 367 g/mol. The average Bonchev–Trinajstić information content (AvgIpc) is 3.05. The normalized spacial score (nSPS) is 19.3. The Morgan fingerprint density at radius 1 is 1.26 bits per heavy atom. The van der Waals surface area contributed by atoms with Crippen molar-refractivity contribution in [1.82, 2.24) is 10.7 Å². The van der Waals surface area contributed by atoms with Gasteiger partial charge in [-0.15, -0.1) is 0 Å². The van der Waals surface area contributed by atoms with Gasteiger partial charge in [-0.05, 0) is 31.0 Å². The van der Waals surface area contributed by atoms with Gasteiger partial charge in [-0.2, -0.15) is 5.10 Å². The zero-order chi connectivity index (χ0) is 19.6. The van der Waals surface area contributed by atoms with E-state index in [0.29, 0.717) is 23.2 Å². The van der Waals surface area contributed by atoms with E-state index in [1.54, 1.807) is 13.8 Å². The lowest BCUT2D eigenvalue weighted by Gasteiger charge is -2.15. The molecule has 27 heavy (non-hydrogen) atoms. The van der Waals surface area contributed by atoms with Crippen molar-refractivity contribution in [3.8, 4) is 11.5 Å². The molecule has 0 bridgehead atoms. The maximum Gasteiger partial charge on any atom is 0.253 e. The number of nitrogens with zero attached hydrogens (tertiary/aromatic N) is 1. The minimum Gasteiger partial charge on any atom is -0.508 e. The second-order valence-electron chi connectivity index (χ2n) is 6.57. The SMILES string of the molecule is Cc1cc(O)c(C)c(O)c1/C=N\NC(=O)[C@@H]1C(=O)NC[C@H]1c1ccccc1. The van der Waals surface area contributed by atoms with Gasteiger partial charge in [0.15, 0.2) is 0 Å². The highest BCUT2D eigenvalue weighted by molar-refractivity contribution is 6.03. The van der Waals surface area contributed by atoms with Crippen LogP contribution >= 0.6 is 0 Å². The van der Waals surface area contributed by atoms with E-state index in [-0.39, 0.29) is 23.3 Å². The van der Waals surface area contributed by atoms with Gasteiger partial charge in [0.1, 0.15) is 17.4 Å². The number of phenols is 2. The van der Waals surface area contributed by atoms with Crippen LogP contribution in [-0.4, -0.2) is 34.8 Å². The highest BCUT2D eigenvalue weighted by atomic mass is 16.3. The van der Waals surface area contributed by atoms with Gasteiger partial charge in [0, 0.05) is 23.6 Å². The van der Waals surface area contributed by atoms with Crippen LogP contribution in [0.4, 0.5) is 0 Å². The van der Waals surface area contributed by atoms with Crippen molar-refractivity contribution in [3.05, 3.63) is 58.7 Å². The first-order valence-electron chi connectivity index (χ1n) is 8.58. The number of carbonyl (C=O) groups excluding carboxylic acids is 2. The van der Waals surface area contributed by atoms with Crippen LogP contribution in [0.1, 0.15) is 28.2 Å². The summed E-state index contributed by atoms with van der Waals surface area (Å²) in [4.78, 5) is 24.7. The summed E-state index contributed by atoms with van der Waals surface area (Å²) in [7, 11) is 0. The van der Waals surface area contributed by atoms with E-state index in [2.05, 4.69) is 15.8 Å². The van der Waals surface area contributed by atoms with Crippen LogP contribution < -0.4 is 10.7 Å². The Labute approximate surface area is 156 Å². The van der Waals surface area contributed by atoms with Crippen molar-refractivity contribution >= 4 is 18.0 Å². The first-order chi connectivity index (χ1) is 12.9. The van der Waals surface area contributed by atoms with Crippen molar-refractivity contribution in [2.45, 2.75) is 19.8 Å². The molecule has 0 unspecified atom stereocenters. The lowest BCUT2D eigenvalue weighted by molar-refractivity contribution is -0.133. The molecule has 0 radical (unpaired) electrons. The maximum atomic E-state index is 12.5. The predicted octanol–water partition coefficient (Wildman–Crippen LogP) is 1.69. The van der Waals surface area contributed by atoms with Crippen LogP contribution in [0.15, 0.2) is 41.5 Å². The molecule has 0 spiro atoms. The fourth-order valence-corrected chi connectivity index (χ4v) is 3.23. The largest absolute Gasteiger partial charge is 0.508 e. The van der Waals surface area contributed by atoms with Gasteiger partial charge in [0.25, 0.3) is 5.91 Å². The number of hydrazone groups is 1. The van der Waals surface area contributed by atoms with Crippen LogP contribution in [0.25, 0.3) is 0 Å². The Bertz CT molecular complexity index is 909. The molecule has 2 aromatic rings. The number of aryl methyl sites for hydroxylation is 1. The topological polar surface area (TPSA) is 111 Å². The molecule has 1 aliphatic heterocycles. The zero-order valence-corrected chi connectivity index (χ0v) is 15.1. The molecule has 0 aromatic heterocycles. The summed E-state index contributed by atoms with van der Waals surface area (Å²) >= 11 is 0. The fourth-order valence-electron chi connectivity index (χ4n) is 3.23. The Morgan fingerprint density at radius 2 is 1.96 bits per heavy atom. The van der Waals surface area contributed by atoms with Gasteiger partial charge in [0.2, 0.25) is 5.91 Å². The van der Waals surface area contributed by atoms with Crippen LogP contribution in [0.3, 0.4) is 0 Å². The van der Waals surface area contributed by atoms with E-state index >= 15 is 0 Å². The molecule has 7 heteroatoms. The van der Waals surface area contributed by atoms with Crippen molar-refractivity contribution in [2.75, 3.05) is 6.54 Å². The number of aromatic hydroxyl groups is 2. The third-order valence-corrected chi connectivity index (χ3v) is 4.83. The van der Waals surface area contributed by atoms with Gasteiger partial charge in [0.05, 0.1) is 6.21 Å². The van der Waals surface area contributed by atoms with Crippen molar-refractivity contribution in [1.29, 1.82) is 0 Å². The highest BCUT2D eigenvalue weighted by Gasteiger charge is 2.40. The second-order valence-corrected chi connectivity index (χ2v) is 6.57. The van der Waals surface area contributed by atoms with E-state index in [4.69, 9.17) is 0 Å². The molecular weight excluding hydrogens is 346 g/mol. The summed E-state index contributed by atoms with van der Waals surface area (Å²) in [6.07, 6.45) is 1.30. The third kappa shape index (κ3) is 3.62. The summed E-state index contributed by atoms with van der Waals surface area (Å²) in [5, 5.41) is 26.5. The van der Waals surface area contributed by atoms with E-state index in [1.807, 2.05) is 30.3 Å². The summed E-state index contributed by atoms with van der Waals surface area (Å²) in [5.41, 5.74) is 4.62. The van der Waals surface area contributed by atoms with Gasteiger partial charge < -0.3 is 15.5 Å². The molecule has 2 aromatic carbocycles. The summed E-state index contributed by atoms with van der Waals surface area (Å²) in [6, 6.07) is 10.9. The van der Waals surface area contributed by atoms with E-state index in [9.17, 15) is 19.8 Å². The van der Waals surface area contributed by atoms with Crippen LogP contribution in [0.2, 0.25) is 0 Å². The first-order valence-corrected chi connectivity index (χ1v) is 8.58. The fraction of sp³-hybridized carbons (Fsp3) is 0.250. The molecule has 1 fully saturated rings. The molecule has 1 heterocycles. The molecule has 0 saturated carbocycles. The second kappa shape index (κ2) is 7.49. The predicted molar refractivity (Wildman–Crippen MR) is 101 cm³/mol. The summed E-state index contributed by atoms with van der Waals surface area (Å²) in [5.74, 6) is -2.11. The molecular formula is C20H21N3O4. The standard InChI is InChI=1S/C20H21N3O4/c1-11-8-16(24)12(2)18(25)14(11)10-22-23-20(27)17-15(9-21-19(17)26)13-6-4-3-5-7-13/h3-8,10,15,17,24-25H,9H2,1-2H3,(H,21,26)(H,23,27)/b22-10-/t15-,17-/m0/s1. The molecule has 7 nitrogen and oxygen atoms in total. The number of phenolic OH excluding ortho intramolecular Hbond substituents is 2. The summed E-state index contributed by atoms with van der Waals surface area (Å²) in [6.45, 7) is 3.67. The quantitative estimate of drug-likeness (QED) is 0.374. The van der Waals surface area contributed by atoms with Crippen molar-refractivity contribution < 1.29 is 19.8 Å². The van der Waals surface area contributed by atoms with E-state index in [1.165, 1.54) is 12.3 Å². The number of nitrogens with one attached hydrogen (secondary N) is 2. The van der Waals surface area contributed by atoms with Gasteiger partial charge in [-0.25, -0.2) is 5.43 Å². The molecule has 140 valence electrons. The number of amides is 2. The molecule has 3 rings (SSSR count). The zero-order valence-electron chi connectivity index (χ0n) is 15.1. The van der Waals surface area contributed by atoms with Crippen molar-refractivity contribution in [2.24, 2.45) is 11.0 Å². The lowest BCUT2D eigenvalue weighted by atomic mass is 9.88. The number of hydrogen-bond donors (Lipinski definition) is 4. The number of rotatable bonds is 4. The number of benzene rings is 2. The molecule has 4 N–H and O–H groups in total. The minimum atomic E-state index is -0.874. The third-order valence-electron chi connectivity index (χ3n) is 4.83. The molecule has 2 amide bonds. The number of hydrogen-bond acceptors (Lipinski definition) is 5. The molecule has 1 saturated heterocycles. The van der Waals surface area contributed by atoms with Crippen LogP contribution in [0, 0.1) is 19.8 Å². The molecule has 0 aliphatic carbocycles. The Morgan fingerprint density at radius 3 is 2.67 bits per heavy atom. The van der Waals surface area contributed by atoms with Crippen LogP contribution in [-0.2, 0) is 9.59 Å². The molecule has 1 aliphatic rings. The van der Waals surface area contributed by atoms with E-state index < -0.39 is 11.8 Å². The van der Waals surface area contributed by atoms with Crippen molar-refractivity contribution in [3.63, 3.8) is 0 Å². The van der Waals surface area contributed by atoms with Crippen LogP contribution in [0.5, 0.6) is 11.5 Å². The monoisotopic (exact) mass is 367 g/mol. The maximum absolute atomic E-state index is 12.5. The smallest absolute Gasteiger partial charge is 0.253 e.